The lowest BCUT2D eigenvalue weighted by molar-refractivity contribution is 0.0954. The summed E-state index contributed by atoms with van der Waals surface area (Å²) in [6, 6.07) is 17.5. The van der Waals surface area contributed by atoms with Crippen molar-refractivity contribution in [2.45, 2.75) is 13.0 Å². The Balaban J connectivity index is 1.50. The van der Waals surface area contributed by atoms with Crippen LogP contribution in [0.1, 0.15) is 20.8 Å². The van der Waals surface area contributed by atoms with Crippen molar-refractivity contribution in [1.82, 2.24) is 15.1 Å². The SMILES string of the molecule is O=C(NCCc1cccs1)c1ccc2cnn(Cc3cccc(Cl)c3)c2c1. The normalized spacial score (nSPS) is 11.0. The first-order valence-corrected chi connectivity index (χ1v) is 9.95. The van der Waals surface area contributed by atoms with Gasteiger partial charge in [-0.15, -0.1) is 11.3 Å². The van der Waals surface area contributed by atoms with Crippen molar-refractivity contribution in [3.05, 3.63) is 87.2 Å². The van der Waals surface area contributed by atoms with Crippen LogP contribution in [0, 0.1) is 0 Å². The molecule has 0 atom stereocenters. The fourth-order valence-corrected chi connectivity index (χ4v) is 3.92. The summed E-state index contributed by atoms with van der Waals surface area (Å²) >= 11 is 7.78. The molecule has 2 heterocycles. The van der Waals surface area contributed by atoms with Crippen molar-refractivity contribution in [3.8, 4) is 0 Å². The number of carbonyl (C=O) groups is 1. The van der Waals surface area contributed by atoms with Crippen LogP contribution in [0.3, 0.4) is 0 Å². The molecule has 6 heteroatoms. The number of thiophene rings is 1. The lowest BCUT2D eigenvalue weighted by atomic mass is 10.1. The van der Waals surface area contributed by atoms with Crippen molar-refractivity contribution in [2.24, 2.45) is 0 Å². The third-order valence-corrected chi connectivity index (χ3v) is 5.54. The minimum atomic E-state index is -0.0658. The molecular formula is C21H18ClN3OS. The summed E-state index contributed by atoms with van der Waals surface area (Å²) in [4.78, 5) is 13.8. The lowest BCUT2D eigenvalue weighted by Crippen LogP contribution is -2.25. The molecule has 0 aliphatic rings. The average Bonchev–Trinajstić information content (AvgIpc) is 3.32. The van der Waals surface area contributed by atoms with Crippen LogP contribution in [-0.4, -0.2) is 22.2 Å². The molecule has 0 unspecified atom stereocenters. The van der Waals surface area contributed by atoms with Crippen LogP contribution in [-0.2, 0) is 13.0 Å². The van der Waals surface area contributed by atoms with Gasteiger partial charge in [-0.25, -0.2) is 0 Å². The first-order valence-electron chi connectivity index (χ1n) is 8.70. The number of fused-ring (bicyclic) bond motifs is 1. The zero-order valence-electron chi connectivity index (χ0n) is 14.6. The molecular weight excluding hydrogens is 378 g/mol. The van der Waals surface area contributed by atoms with Gasteiger partial charge in [0.05, 0.1) is 18.3 Å². The summed E-state index contributed by atoms with van der Waals surface area (Å²) in [6.45, 7) is 1.23. The van der Waals surface area contributed by atoms with Gasteiger partial charge in [-0.1, -0.05) is 35.9 Å². The van der Waals surface area contributed by atoms with E-state index >= 15 is 0 Å². The molecule has 0 saturated carbocycles. The Labute approximate surface area is 166 Å². The monoisotopic (exact) mass is 395 g/mol. The van der Waals surface area contributed by atoms with Crippen molar-refractivity contribution in [1.29, 1.82) is 0 Å². The van der Waals surface area contributed by atoms with Gasteiger partial charge in [0.2, 0.25) is 0 Å². The third-order valence-electron chi connectivity index (χ3n) is 4.37. The molecule has 27 heavy (non-hydrogen) atoms. The van der Waals surface area contributed by atoms with Gasteiger partial charge >= 0.3 is 0 Å². The predicted octanol–water partition coefficient (Wildman–Crippen LogP) is 4.77. The molecule has 136 valence electrons. The molecule has 4 rings (SSSR count). The maximum atomic E-state index is 12.5. The Morgan fingerprint density at radius 3 is 2.89 bits per heavy atom. The van der Waals surface area contributed by atoms with E-state index in [1.54, 1.807) is 11.3 Å². The number of nitrogens with one attached hydrogen (secondary N) is 1. The van der Waals surface area contributed by atoms with Gasteiger partial charge < -0.3 is 5.32 Å². The Morgan fingerprint density at radius 1 is 1.15 bits per heavy atom. The Kier molecular flexibility index (Phi) is 5.23. The van der Waals surface area contributed by atoms with Crippen LogP contribution >= 0.6 is 22.9 Å². The molecule has 0 bridgehead atoms. The average molecular weight is 396 g/mol. The number of halogens is 1. The van der Waals surface area contributed by atoms with Gasteiger partial charge in [0.25, 0.3) is 5.91 Å². The molecule has 1 N–H and O–H groups in total. The number of hydrogen-bond acceptors (Lipinski definition) is 3. The second kappa shape index (κ2) is 7.94. The summed E-state index contributed by atoms with van der Waals surface area (Å²) in [5, 5.41) is 11.2. The van der Waals surface area contributed by atoms with E-state index in [0.29, 0.717) is 23.7 Å². The van der Waals surface area contributed by atoms with Crippen molar-refractivity contribution >= 4 is 39.7 Å². The van der Waals surface area contributed by atoms with Crippen LogP contribution in [0.5, 0.6) is 0 Å². The fourth-order valence-electron chi connectivity index (χ4n) is 3.00. The number of aromatic nitrogens is 2. The second-order valence-corrected chi connectivity index (χ2v) is 7.76. The van der Waals surface area contributed by atoms with Crippen molar-refractivity contribution in [3.63, 3.8) is 0 Å². The van der Waals surface area contributed by atoms with Gasteiger partial charge in [-0.3, -0.25) is 9.48 Å². The molecule has 0 fully saturated rings. The van der Waals surface area contributed by atoms with Crippen molar-refractivity contribution in [2.75, 3.05) is 6.54 Å². The highest BCUT2D eigenvalue weighted by Crippen LogP contribution is 2.19. The highest BCUT2D eigenvalue weighted by Gasteiger charge is 2.10. The molecule has 1 amide bonds. The van der Waals surface area contributed by atoms with E-state index in [9.17, 15) is 4.79 Å². The largest absolute Gasteiger partial charge is 0.352 e. The molecule has 0 aliphatic carbocycles. The van der Waals surface area contributed by atoms with E-state index in [1.165, 1.54) is 4.88 Å². The van der Waals surface area contributed by atoms with Crippen molar-refractivity contribution < 1.29 is 4.79 Å². The zero-order valence-corrected chi connectivity index (χ0v) is 16.1. The zero-order chi connectivity index (χ0) is 18.6. The summed E-state index contributed by atoms with van der Waals surface area (Å²) in [6.07, 6.45) is 2.66. The highest BCUT2D eigenvalue weighted by molar-refractivity contribution is 7.09. The number of amides is 1. The third kappa shape index (κ3) is 4.21. The van der Waals surface area contributed by atoms with E-state index in [1.807, 2.05) is 64.8 Å². The minimum absolute atomic E-state index is 0.0658. The molecule has 4 aromatic rings. The van der Waals surface area contributed by atoms with Gasteiger partial charge in [0.15, 0.2) is 0 Å². The molecule has 4 nitrogen and oxygen atoms in total. The number of hydrogen-bond donors (Lipinski definition) is 1. The van der Waals surface area contributed by atoms with Crippen LogP contribution in [0.15, 0.2) is 66.2 Å². The number of rotatable bonds is 6. The number of nitrogens with zero attached hydrogens (tertiary/aromatic N) is 2. The van der Waals surface area contributed by atoms with Crippen LogP contribution < -0.4 is 5.32 Å². The van der Waals surface area contributed by atoms with Gasteiger partial charge in [-0.2, -0.15) is 5.10 Å². The standard InChI is InChI=1S/C21H18ClN3OS/c22-18-4-1-3-15(11-18)14-25-20-12-16(6-7-17(20)13-24-25)21(26)23-9-8-19-5-2-10-27-19/h1-7,10-13H,8-9,14H2,(H,23,26). The lowest BCUT2D eigenvalue weighted by Gasteiger charge is -2.07. The topological polar surface area (TPSA) is 46.9 Å². The van der Waals surface area contributed by atoms with Crippen LogP contribution in [0.25, 0.3) is 10.9 Å². The van der Waals surface area contributed by atoms with E-state index in [-0.39, 0.29) is 5.91 Å². The van der Waals surface area contributed by atoms with Gasteiger partial charge in [0, 0.05) is 27.4 Å². The molecule has 0 spiro atoms. The summed E-state index contributed by atoms with van der Waals surface area (Å²) in [7, 11) is 0. The quantitative estimate of drug-likeness (QED) is 0.511. The maximum absolute atomic E-state index is 12.5. The second-order valence-electron chi connectivity index (χ2n) is 6.29. The maximum Gasteiger partial charge on any atom is 0.251 e. The van der Waals surface area contributed by atoms with Gasteiger partial charge in [0.1, 0.15) is 0 Å². The predicted molar refractivity (Wildman–Crippen MR) is 111 cm³/mol. The molecule has 0 aliphatic heterocycles. The number of carbonyl (C=O) groups excluding carboxylic acids is 1. The minimum Gasteiger partial charge on any atom is -0.352 e. The van der Waals surface area contributed by atoms with E-state index < -0.39 is 0 Å². The smallest absolute Gasteiger partial charge is 0.251 e. The van der Waals surface area contributed by atoms with Gasteiger partial charge in [-0.05, 0) is 47.7 Å². The Morgan fingerprint density at radius 2 is 2.07 bits per heavy atom. The summed E-state index contributed by atoms with van der Waals surface area (Å²) in [5.74, 6) is -0.0658. The number of benzene rings is 2. The highest BCUT2D eigenvalue weighted by atomic mass is 35.5. The van der Waals surface area contributed by atoms with E-state index in [4.69, 9.17) is 11.6 Å². The molecule has 2 aromatic heterocycles. The first kappa shape index (κ1) is 17.8. The van der Waals surface area contributed by atoms with Crippen LogP contribution in [0.4, 0.5) is 0 Å². The Hall–Kier alpha value is -2.63. The Bertz CT molecular complexity index is 1070. The summed E-state index contributed by atoms with van der Waals surface area (Å²) < 4.78 is 1.89. The molecule has 0 radical (unpaired) electrons. The summed E-state index contributed by atoms with van der Waals surface area (Å²) in [5.41, 5.74) is 2.64. The van der Waals surface area contributed by atoms with E-state index in [2.05, 4.69) is 16.5 Å². The molecule has 0 saturated heterocycles. The van der Waals surface area contributed by atoms with Crippen LogP contribution in [0.2, 0.25) is 5.02 Å². The first-order chi connectivity index (χ1) is 13.2. The fraction of sp³-hybridized carbons (Fsp3) is 0.143. The molecule has 2 aromatic carbocycles. The van der Waals surface area contributed by atoms with E-state index in [0.717, 1.165) is 22.9 Å².